The van der Waals surface area contributed by atoms with E-state index in [0.29, 0.717) is 12.4 Å². The number of ether oxygens (including phenoxy) is 1. The maximum atomic E-state index is 13.5. The number of benzene rings is 2. The van der Waals surface area contributed by atoms with Crippen LogP contribution in [0, 0.1) is 11.8 Å². The average molecular weight is 400 g/mol. The van der Waals surface area contributed by atoms with Gasteiger partial charge in [0, 0.05) is 11.3 Å². The van der Waals surface area contributed by atoms with Crippen molar-refractivity contribution in [2.75, 3.05) is 4.90 Å². The summed E-state index contributed by atoms with van der Waals surface area (Å²) in [5.74, 6) is -0.744. The Kier molecular flexibility index (Phi) is 3.83. The summed E-state index contributed by atoms with van der Waals surface area (Å²) >= 11 is 0. The van der Waals surface area contributed by atoms with E-state index in [1.165, 1.54) is 4.90 Å². The zero-order chi connectivity index (χ0) is 20.2. The lowest BCUT2D eigenvalue weighted by Crippen LogP contribution is -2.45. The number of carbonyl (C=O) groups excluding carboxylic acids is 2. The van der Waals surface area contributed by atoms with Crippen LogP contribution in [0.25, 0.3) is 0 Å². The largest absolute Gasteiger partial charge is 0.467 e. The highest BCUT2D eigenvalue weighted by Crippen LogP contribution is 2.54. The Balaban J connectivity index is 1.44. The van der Waals surface area contributed by atoms with Gasteiger partial charge in [-0.2, -0.15) is 0 Å². The second kappa shape index (κ2) is 6.57. The van der Waals surface area contributed by atoms with E-state index in [4.69, 9.17) is 9.15 Å². The number of para-hydroxylation sites is 1. The van der Waals surface area contributed by atoms with E-state index in [1.54, 1.807) is 6.26 Å². The number of anilines is 1. The number of carbonyl (C=O) groups is 2. The number of nitrogens with zero attached hydrogens (tertiary/aromatic N) is 2. The van der Waals surface area contributed by atoms with E-state index in [1.807, 2.05) is 66.7 Å². The van der Waals surface area contributed by atoms with Gasteiger partial charge in [-0.05, 0) is 23.8 Å². The molecule has 150 valence electrons. The third-order valence-corrected chi connectivity index (χ3v) is 6.41. The molecule has 2 aromatic carbocycles. The Morgan fingerprint density at radius 3 is 2.43 bits per heavy atom. The Labute approximate surface area is 173 Å². The van der Waals surface area contributed by atoms with Crippen LogP contribution in [-0.2, 0) is 27.5 Å². The first kappa shape index (κ1) is 17.5. The number of rotatable bonds is 3. The topological polar surface area (TPSA) is 63.0 Å². The summed E-state index contributed by atoms with van der Waals surface area (Å²) in [7, 11) is 0. The molecule has 0 N–H and O–H groups in total. The standard InChI is InChI=1S/C24H20N2O4/c27-22-19-20(23(28)25(22)13-15-7-2-1-3-8-15)24-26(21(19)18-11-6-12-29-18)17-10-5-4-9-16(17)14-30-24/h1-12,19-21,24H,13-14H2/t19-,20-,21+,24-/m0/s1. The molecule has 3 aliphatic rings. The molecule has 3 aliphatic heterocycles. The van der Waals surface area contributed by atoms with Gasteiger partial charge in [0.2, 0.25) is 11.8 Å². The predicted octanol–water partition coefficient (Wildman–Crippen LogP) is 3.50. The first-order valence-electron chi connectivity index (χ1n) is 10.1. The van der Waals surface area contributed by atoms with E-state index in [0.717, 1.165) is 16.8 Å². The summed E-state index contributed by atoms with van der Waals surface area (Å²) in [6.45, 7) is 0.700. The number of hydrogen-bond acceptors (Lipinski definition) is 5. The van der Waals surface area contributed by atoms with E-state index >= 15 is 0 Å². The van der Waals surface area contributed by atoms with Crippen molar-refractivity contribution < 1.29 is 18.7 Å². The monoisotopic (exact) mass is 400 g/mol. The lowest BCUT2D eigenvalue weighted by molar-refractivity contribution is -0.142. The molecular formula is C24H20N2O4. The summed E-state index contributed by atoms with van der Waals surface area (Å²) in [4.78, 5) is 30.5. The smallest absolute Gasteiger partial charge is 0.238 e. The van der Waals surface area contributed by atoms with Crippen LogP contribution in [0.15, 0.2) is 77.4 Å². The second-order valence-corrected chi connectivity index (χ2v) is 8.00. The van der Waals surface area contributed by atoms with Gasteiger partial charge >= 0.3 is 0 Å². The summed E-state index contributed by atoms with van der Waals surface area (Å²) in [5.41, 5.74) is 2.98. The average Bonchev–Trinajstić information content (AvgIpc) is 3.47. The number of furan rings is 1. The third-order valence-electron chi connectivity index (χ3n) is 6.41. The lowest BCUT2D eigenvalue weighted by Gasteiger charge is -2.38. The van der Waals surface area contributed by atoms with Crippen LogP contribution in [0.1, 0.15) is 22.9 Å². The molecule has 2 amide bonds. The first-order valence-corrected chi connectivity index (χ1v) is 10.1. The maximum Gasteiger partial charge on any atom is 0.238 e. The van der Waals surface area contributed by atoms with Crippen molar-refractivity contribution in [3.63, 3.8) is 0 Å². The molecule has 4 atom stereocenters. The quantitative estimate of drug-likeness (QED) is 0.630. The van der Waals surface area contributed by atoms with Gasteiger partial charge in [0.15, 0.2) is 0 Å². The fourth-order valence-electron chi connectivity index (χ4n) is 5.14. The van der Waals surface area contributed by atoms with Gasteiger partial charge < -0.3 is 14.1 Å². The van der Waals surface area contributed by atoms with Crippen LogP contribution in [-0.4, -0.2) is 22.9 Å². The zero-order valence-electron chi connectivity index (χ0n) is 16.2. The molecule has 0 radical (unpaired) electrons. The third kappa shape index (κ3) is 2.40. The van der Waals surface area contributed by atoms with Gasteiger partial charge in [0.1, 0.15) is 18.0 Å². The summed E-state index contributed by atoms with van der Waals surface area (Å²) in [6, 6.07) is 20.9. The normalized spacial score (nSPS) is 27.2. The lowest BCUT2D eigenvalue weighted by atomic mass is 9.91. The van der Waals surface area contributed by atoms with Crippen molar-refractivity contribution in [3.8, 4) is 0 Å². The first-order chi connectivity index (χ1) is 14.7. The van der Waals surface area contributed by atoms with Crippen molar-refractivity contribution in [2.24, 2.45) is 11.8 Å². The van der Waals surface area contributed by atoms with Gasteiger partial charge in [-0.25, -0.2) is 0 Å². The Hall–Kier alpha value is -3.38. The van der Waals surface area contributed by atoms with Crippen molar-refractivity contribution >= 4 is 17.5 Å². The molecule has 30 heavy (non-hydrogen) atoms. The minimum atomic E-state index is -0.551. The Morgan fingerprint density at radius 2 is 1.63 bits per heavy atom. The highest BCUT2D eigenvalue weighted by atomic mass is 16.5. The molecule has 3 aromatic rings. The molecule has 2 fully saturated rings. The fraction of sp³-hybridized carbons (Fsp3) is 0.250. The molecule has 6 rings (SSSR count). The van der Waals surface area contributed by atoms with Gasteiger partial charge in [0.25, 0.3) is 0 Å². The Morgan fingerprint density at radius 1 is 0.867 bits per heavy atom. The van der Waals surface area contributed by atoms with Crippen LogP contribution in [0.5, 0.6) is 0 Å². The molecule has 0 saturated carbocycles. The molecular weight excluding hydrogens is 380 g/mol. The van der Waals surface area contributed by atoms with E-state index in [9.17, 15) is 9.59 Å². The molecule has 0 aliphatic carbocycles. The minimum absolute atomic E-state index is 0.161. The Bertz CT molecular complexity index is 1110. The van der Waals surface area contributed by atoms with Crippen LogP contribution < -0.4 is 4.90 Å². The minimum Gasteiger partial charge on any atom is -0.467 e. The molecule has 0 bridgehead atoms. The van der Waals surface area contributed by atoms with E-state index in [-0.39, 0.29) is 24.4 Å². The molecule has 6 nitrogen and oxygen atoms in total. The van der Waals surface area contributed by atoms with E-state index < -0.39 is 18.1 Å². The van der Waals surface area contributed by atoms with E-state index in [2.05, 4.69) is 4.90 Å². The van der Waals surface area contributed by atoms with Crippen molar-refractivity contribution in [3.05, 3.63) is 89.9 Å². The van der Waals surface area contributed by atoms with Gasteiger partial charge in [-0.3, -0.25) is 14.5 Å². The number of likely N-dealkylation sites (tertiary alicyclic amines) is 1. The molecule has 2 saturated heterocycles. The molecule has 6 heteroatoms. The molecule has 1 aromatic heterocycles. The summed E-state index contributed by atoms with van der Waals surface area (Å²) in [5, 5.41) is 0. The summed E-state index contributed by atoms with van der Waals surface area (Å²) < 4.78 is 11.9. The van der Waals surface area contributed by atoms with Crippen LogP contribution in [0.4, 0.5) is 5.69 Å². The van der Waals surface area contributed by atoms with Crippen molar-refractivity contribution in [1.82, 2.24) is 4.90 Å². The van der Waals surface area contributed by atoms with Gasteiger partial charge in [0.05, 0.1) is 31.3 Å². The highest BCUT2D eigenvalue weighted by molar-refractivity contribution is 6.07. The van der Waals surface area contributed by atoms with Crippen molar-refractivity contribution in [2.45, 2.75) is 25.4 Å². The highest BCUT2D eigenvalue weighted by Gasteiger charge is 2.64. The second-order valence-electron chi connectivity index (χ2n) is 8.00. The van der Waals surface area contributed by atoms with Gasteiger partial charge in [-0.1, -0.05) is 48.5 Å². The van der Waals surface area contributed by atoms with Gasteiger partial charge in [-0.15, -0.1) is 0 Å². The van der Waals surface area contributed by atoms with Crippen LogP contribution in [0.2, 0.25) is 0 Å². The summed E-state index contributed by atoms with van der Waals surface area (Å²) in [6.07, 6.45) is 1.12. The predicted molar refractivity (Wildman–Crippen MR) is 108 cm³/mol. The molecule has 4 heterocycles. The van der Waals surface area contributed by atoms with Crippen molar-refractivity contribution in [1.29, 1.82) is 0 Å². The molecule has 0 spiro atoms. The maximum absolute atomic E-state index is 13.5. The zero-order valence-corrected chi connectivity index (χ0v) is 16.2. The number of fused-ring (bicyclic) bond motifs is 5. The number of hydrogen-bond donors (Lipinski definition) is 0. The number of amides is 2. The SMILES string of the molecule is O=C1[C@@H]2[C@H](C(=O)N1Cc1ccccc1)[C@@H](c1ccco1)N1c3ccccc3CO[C@@H]21. The van der Waals surface area contributed by atoms with Crippen LogP contribution in [0.3, 0.4) is 0 Å². The number of imide groups is 1. The molecule has 0 unspecified atom stereocenters. The fourth-order valence-corrected chi connectivity index (χ4v) is 5.14. The van der Waals surface area contributed by atoms with Crippen LogP contribution >= 0.6 is 0 Å².